The molecule has 1 atom stereocenters. The second kappa shape index (κ2) is 8.98. The van der Waals surface area contributed by atoms with E-state index in [1.807, 2.05) is 35.2 Å². The molecule has 0 unspecified atom stereocenters. The highest BCUT2D eigenvalue weighted by molar-refractivity contribution is 5.91. The van der Waals surface area contributed by atoms with Crippen LogP contribution in [0, 0.1) is 0 Å². The molecule has 3 aromatic rings. The highest BCUT2D eigenvalue weighted by Crippen LogP contribution is 2.34. The summed E-state index contributed by atoms with van der Waals surface area (Å²) in [6, 6.07) is 13.4. The first-order valence-corrected chi connectivity index (χ1v) is 11.0. The van der Waals surface area contributed by atoms with Gasteiger partial charge in [-0.15, -0.1) is 0 Å². The van der Waals surface area contributed by atoms with Crippen molar-refractivity contribution in [3.8, 4) is 11.3 Å². The quantitative estimate of drug-likeness (QED) is 0.565. The molecule has 4 heterocycles. The van der Waals surface area contributed by atoms with Gasteiger partial charge in [-0.05, 0) is 37.8 Å². The van der Waals surface area contributed by atoms with Crippen LogP contribution in [0.5, 0.6) is 0 Å². The molecule has 0 radical (unpaired) electrons. The number of rotatable bonds is 7. The summed E-state index contributed by atoms with van der Waals surface area (Å²) in [5.41, 5.74) is 2.70. The van der Waals surface area contributed by atoms with E-state index in [-0.39, 0.29) is 12.0 Å². The van der Waals surface area contributed by atoms with Crippen LogP contribution in [0.2, 0.25) is 0 Å². The lowest BCUT2D eigenvalue weighted by Gasteiger charge is -2.26. The second-order valence-electron chi connectivity index (χ2n) is 8.17. The van der Waals surface area contributed by atoms with Crippen molar-refractivity contribution in [2.75, 3.05) is 31.1 Å². The first kappa shape index (κ1) is 19.9. The number of carbonyl (C=O) groups excluding carboxylic acids is 1. The first-order valence-electron chi connectivity index (χ1n) is 11.0. The van der Waals surface area contributed by atoms with Gasteiger partial charge in [0.05, 0.1) is 24.5 Å². The van der Waals surface area contributed by atoms with E-state index in [1.54, 1.807) is 12.1 Å². The number of benzene rings is 1. The Balaban J connectivity index is 1.50. The van der Waals surface area contributed by atoms with E-state index >= 15 is 0 Å². The maximum Gasteiger partial charge on any atom is 0.289 e. The van der Waals surface area contributed by atoms with Gasteiger partial charge in [-0.1, -0.05) is 35.5 Å². The summed E-state index contributed by atoms with van der Waals surface area (Å²) in [4.78, 5) is 17.4. The number of hydrogen-bond donors (Lipinski definition) is 0. The fourth-order valence-electron chi connectivity index (χ4n) is 4.43. The molecule has 31 heavy (non-hydrogen) atoms. The number of hydrogen-bond acceptors (Lipinski definition) is 6. The Morgan fingerprint density at radius 3 is 2.65 bits per heavy atom. The van der Waals surface area contributed by atoms with E-state index in [0.717, 1.165) is 68.1 Å². The maximum absolute atomic E-state index is 13.3. The molecule has 2 aromatic heterocycles. The van der Waals surface area contributed by atoms with Crippen molar-refractivity contribution >= 4 is 11.8 Å². The molecule has 1 amide bonds. The van der Waals surface area contributed by atoms with Gasteiger partial charge >= 0.3 is 0 Å². The Bertz CT molecular complexity index is 987. The molecule has 2 fully saturated rings. The first-order chi connectivity index (χ1) is 15.3. The fraction of sp³-hybridized carbons (Fsp3) is 0.417. The van der Waals surface area contributed by atoms with Gasteiger partial charge in [0.1, 0.15) is 5.69 Å². The molecule has 7 heteroatoms. The maximum atomic E-state index is 13.3. The van der Waals surface area contributed by atoms with Crippen LogP contribution in [0.1, 0.15) is 41.8 Å². The van der Waals surface area contributed by atoms with Crippen LogP contribution in [-0.4, -0.2) is 48.3 Å². The number of aromatic nitrogens is 1. The Kier molecular flexibility index (Phi) is 5.76. The van der Waals surface area contributed by atoms with Crippen LogP contribution in [0.25, 0.3) is 11.3 Å². The van der Waals surface area contributed by atoms with Crippen molar-refractivity contribution in [1.82, 2.24) is 10.1 Å². The number of amides is 1. The van der Waals surface area contributed by atoms with Crippen LogP contribution in [-0.2, 0) is 11.3 Å². The lowest BCUT2D eigenvalue weighted by molar-refractivity contribution is 0.0484. The van der Waals surface area contributed by atoms with Gasteiger partial charge in [0.2, 0.25) is 5.88 Å². The summed E-state index contributed by atoms with van der Waals surface area (Å²) >= 11 is 0. The predicted octanol–water partition coefficient (Wildman–Crippen LogP) is 4.36. The second-order valence-corrected chi connectivity index (χ2v) is 8.17. The smallest absolute Gasteiger partial charge is 0.289 e. The van der Waals surface area contributed by atoms with Gasteiger partial charge in [0, 0.05) is 31.8 Å². The molecule has 162 valence electrons. The largest absolute Gasteiger partial charge is 0.459 e. The molecule has 0 aliphatic carbocycles. The van der Waals surface area contributed by atoms with Crippen molar-refractivity contribution in [3.63, 3.8) is 0 Å². The molecular formula is C24H27N3O4. The van der Waals surface area contributed by atoms with Crippen LogP contribution in [0.4, 0.5) is 5.88 Å². The summed E-state index contributed by atoms with van der Waals surface area (Å²) in [5, 5.41) is 4.43. The zero-order chi connectivity index (χ0) is 21.0. The Morgan fingerprint density at radius 2 is 1.94 bits per heavy atom. The molecule has 1 aromatic carbocycles. The summed E-state index contributed by atoms with van der Waals surface area (Å²) < 4.78 is 17.1. The molecular weight excluding hydrogens is 394 g/mol. The van der Waals surface area contributed by atoms with Gasteiger partial charge in [-0.3, -0.25) is 4.79 Å². The molecule has 5 rings (SSSR count). The average molecular weight is 421 g/mol. The van der Waals surface area contributed by atoms with Crippen molar-refractivity contribution in [3.05, 3.63) is 60.1 Å². The molecule has 0 spiro atoms. The molecule has 2 aliphatic heterocycles. The van der Waals surface area contributed by atoms with Gasteiger partial charge < -0.3 is 23.5 Å². The van der Waals surface area contributed by atoms with E-state index in [2.05, 4.69) is 10.1 Å². The molecule has 0 bridgehead atoms. The third-order valence-corrected chi connectivity index (χ3v) is 6.02. The summed E-state index contributed by atoms with van der Waals surface area (Å²) in [7, 11) is 0. The van der Waals surface area contributed by atoms with E-state index < -0.39 is 0 Å². The van der Waals surface area contributed by atoms with Gasteiger partial charge in [-0.25, -0.2) is 0 Å². The van der Waals surface area contributed by atoms with Gasteiger partial charge in [0.15, 0.2) is 5.76 Å². The molecule has 2 saturated heterocycles. The van der Waals surface area contributed by atoms with Crippen LogP contribution in [0.15, 0.2) is 57.7 Å². The predicted molar refractivity (Wildman–Crippen MR) is 116 cm³/mol. The Hall–Kier alpha value is -3.06. The summed E-state index contributed by atoms with van der Waals surface area (Å²) in [5.74, 6) is 0.951. The van der Waals surface area contributed by atoms with Crippen molar-refractivity contribution in [2.45, 2.75) is 38.3 Å². The monoisotopic (exact) mass is 421 g/mol. The van der Waals surface area contributed by atoms with E-state index in [4.69, 9.17) is 13.7 Å². The third kappa shape index (κ3) is 4.23. The normalized spacial score (nSPS) is 18.6. The van der Waals surface area contributed by atoms with Crippen molar-refractivity contribution in [2.24, 2.45) is 0 Å². The standard InChI is InChI=1S/C24H27N3O4/c28-23(21-11-7-15-30-21)27(16-19-10-6-14-29-19)17-20-22(18-8-2-1-3-9-18)25-31-24(20)26-12-4-5-13-26/h1-3,7-9,11,15,19H,4-6,10,12-14,16-17H2/t19-/m0/s1. The highest BCUT2D eigenvalue weighted by atomic mass is 16.5. The van der Waals surface area contributed by atoms with E-state index in [0.29, 0.717) is 18.8 Å². The van der Waals surface area contributed by atoms with Crippen LogP contribution >= 0.6 is 0 Å². The minimum atomic E-state index is -0.145. The van der Waals surface area contributed by atoms with Gasteiger partial charge in [-0.2, -0.15) is 0 Å². The Morgan fingerprint density at radius 1 is 1.10 bits per heavy atom. The number of anilines is 1. The summed E-state index contributed by atoms with van der Waals surface area (Å²) in [6.45, 7) is 3.52. The van der Waals surface area contributed by atoms with Crippen LogP contribution in [0.3, 0.4) is 0 Å². The number of ether oxygens (including phenoxy) is 1. The fourth-order valence-corrected chi connectivity index (χ4v) is 4.43. The minimum absolute atomic E-state index is 0.0363. The lowest BCUT2D eigenvalue weighted by atomic mass is 10.1. The Labute approximate surface area is 181 Å². The third-order valence-electron chi connectivity index (χ3n) is 6.02. The number of carbonyl (C=O) groups is 1. The highest BCUT2D eigenvalue weighted by Gasteiger charge is 2.30. The minimum Gasteiger partial charge on any atom is -0.459 e. The number of nitrogens with zero attached hydrogens (tertiary/aromatic N) is 3. The van der Waals surface area contributed by atoms with Gasteiger partial charge in [0.25, 0.3) is 5.91 Å². The molecule has 0 saturated carbocycles. The average Bonchev–Trinajstić information content (AvgIpc) is 3.61. The lowest BCUT2D eigenvalue weighted by Crippen LogP contribution is -2.37. The van der Waals surface area contributed by atoms with Crippen LogP contribution < -0.4 is 4.90 Å². The topological polar surface area (TPSA) is 72.0 Å². The van der Waals surface area contributed by atoms with Crippen molar-refractivity contribution in [1.29, 1.82) is 0 Å². The zero-order valence-electron chi connectivity index (χ0n) is 17.5. The molecule has 0 N–H and O–H groups in total. The van der Waals surface area contributed by atoms with E-state index in [9.17, 15) is 4.79 Å². The van der Waals surface area contributed by atoms with Crippen molar-refractivity contribution < 1.29 is 18.5 Å². The number of furan rings is 1. The SMILES string of the molecule is O=C(c1ccco1)N(Cc1c(-c2ccccc2)noc1N1CCCC1)C[C@@H]1CCCO1. The zero-order valence-corrected chi connectivity index (χ0v) is 17.5. The van der Waals surface area contributed by atoms with E-state index in [1.165, 1.54) is 6.26 Å². The molecule has 2 aliphatic rings. The molecule has 7 nitrogen and oxygen atoms in total. The summed E-state index contributed by atoms with van der Waals surface area (Å²) in [6.07, 6.45) is 5.80.